The van der Waals surface area contributed by atoms with Crippen LogP contribution in [0.4, 0.5) is 5.69 Å². The van der Waals surface area contributed by atoms with Crippen LogP contribution >= 0.6 is 0 Å². The van der Waals surface area contributed by atoms with Crippen molar-refractivity contribution < 1.29 is 4.79 Å². The van der Waals surface area contributed by atoms with Gasteiger partial charge in [-0.25, -0.2) is 0 Å². The topological polar surface area (TPSA) is 29.1 Å². The molecule has 0 radical (unpaired) electrons. The van der Waals surface area contributed by atoms with E-state index in [-0.39, 0.29) is 11.8 Å². The van der Waals surface area contributed by atoms with Crippen LogP contribution in [-0.2, 0) is 11.2 Å². The third-order valence-electron chi connectivity index (χ3n) is 3.49. The van der Waals surface area contributed by atoms with Crippen LogP contribution in [0.25, 0.3) is 0 Å². The maximum Gasteiger partial charge on any atom is 0.228 e. The minimum atomic E-state index is 0.230. The molecular weight excluding hydrogens is 186 g/mol. The lowest BCUT2D eigenvalue weighted by atomic mass is 9.89. The molecular formula is C13H15NO. The fraction of sp³-hybridized carbons (Fsp3) is 0.462. The normalized spacial score (nSPS) is 24.6. The lowest BCUT2D eigenvalue weighted by Crippen LogP contribution is -2.31. The molecule has 0 bridgehead atoms. The van der Waals surface area contributed by atoms with Crippen LogP contribution in [0, 0.1) is 18.8 Å². The summed E-state index contributed by atoms with van der Waals surface area (Å²) < 4.78 is 0. The van der Waals surface area contributed by atoms with Gasteiger partial charge in [-0.2, -0.15) is 0 Å². The van der Waals surface area contributed by atoms with Crippen LogP contribution < -0.4 is 5.32 Å². The maximum absolute atomic E-state index is 11.8. The zero-order valence-corrected chi connectivity index (χ0v) is 8.92. The van der Waals surface area contributed by atoms with Crippen LogP contribution in [0.2, 0.25) is 0 Å². The van der Waals surface area contributed by atoms with Crippen molar-refractivity contribution in [3.63, 3.8) is 0 Å². The summed E-state index contributed by atoms with van der Waals surface area (Å²) in [6.07, 6.45) is 3.41. The number of fused-ring (bicyclic) bond motifs is 1. The molecule has 1 unspecified atom stereocenters. The summed E-state index contributed by atoms with van der Waals surface area (Å²) in [7, 11) is 0. The van der Waals surface area contributed by atoms with Crippen LogP contribution in [-0.4, -0.2) is 5.91 Å². The van der Waals surface area contributed by atoms with Gasteiger partial charge in [0.05, 0.1) is 0 Å². The smallest absolute Gasteiger partial charge is 0.228 e. The van der Waals surface area contributed by atoms with Crippen LogP contribution in [0.15, 0.2) is 18.2 Å². The Kier molecular flexibility index (Phi) is 1.84. The molecule has 15 heavy (non-hydrogen) atoms. The average molecular weight is 201 g/mol. The van der Waals surface area contributed by atoms with E-state index in [2.05, 4.69) is 24.4 Å². The Bertz CT molecular complexity index is 421. The fourth-order valence-corrected chi connectivity index (χ4v) is 2.45. The first-order valence-corrected chi connectivity index (χ1v) is 5.64. The van der Waals surface area contributed by atoms with Crippen molar-refractivity contribution in [2.24, 2.45) is 11.8 Å². The van der Waals surface area contributed by atoms with Crippen LogP contribution in [0.1, 0.15) is 24.0 Å². The zero-order valence-electron chi connectivity index (χ0n) is 8.92. The number of carbonyl (C=O) groups excluding carboxylic acids is 1. The Labute approximate surface area is 89.7 Å². The Morgan fingerprint density at radius 2 is 2.13 bits per heavy atom. The van der Waals surface area contributed by atoms with Crippen LogP contribution in [0.5, 0.6) is 0 Å². The van der Waals surface area contributed by atoms with Gasteiger partial charge in [0.2, 0.25) is 5.91 Å². The average Bonchev–Trinajstić information content (AvgIpc) is 3.01. The van der Waals surface area contributed by atoms with Crippen molar-refractivity contribution >= 4 is 11.6 Å². The van der Waals surface area contributed by atoms with E-state index < -0.39 is 0 Å². The van der Waals surface area contributed by atoms with E-state index in [9.17, 15) is 4.79 Å². The van der Waals surface area contributed by atoms with E-state index in [1.807, 2.05) is 6.07 Å². The summed E-state index contributed by atoms with van der Waals surface area (Å²) in [6.45, 7) is 2.10. The van der Waals surface area contributed by atoms with E-state index >= 15 is 0 Å². The van der Waals surface area contributed by atoms with Gasteiger partial charge in [-0.1, -0.05) is 17.7 Å². The summed E-state index contributed by atoms with van der Waals surface area (Å²) in [5.41, 5.74) is 3.61. The van der Waals surface area contributed by atoms with Gasteiger partial charge in [-0.15, -0.1) is 0 Å². The number of rotatable bonds is 1. The van der Waals surface area contributed by atoms with E-state index in [1.165, 1.54) is 24.0 Å². The lowest BCUT2D eigenvalue weighted by molar-refractivity contribution is -0.120. The molecule has 1 amide bonds. The van der Waals surface area contributed by atoms with E-state index in [0.29, 0.717) is 5.92 Å². The third-order valence-corrected chi connectivity index (χ3v) is 3.49. The zero-order chi connectivity index (χ0) is 10.4. The van der Waals surface area contributed by atoms with Gasteiger partial charge >= 0.3 is 0 Å². The second-order valence-corrected chi connectivity index (χ2v) is 4.80. The lowest BCUT2D eigenvalue weighted by Gasteiger charge is -2.24. The highest BCUT2D eigenvalue weighted by molar-refractivity contribution is 5.96. The standard InChI is InChI=1S/C13H15NO/c1-8-2-5-12-10(6-8)7-11(9-3-4-9)13(15)14-12/h2,5-6,9,11H,3-4,7H2,1H3,(H,14,15). The van der Waals surface area contributed by atoms with Crippen molar-refractivity contribution in [3.8, 4) is 0 Å². The fourth-order valence-electron chi connectivity index (χ4n) is 2.45. The number of nitrogens with one attached hydrogen (secondary N) is 1. The van der Waals surface area contributed by atoms with E-state index in [1.54, 1.807) is 0 Å². The summed E-state index contributed by atoms with van der Waals surface area (Å²) in [5.74, 6) is 1.12. The summed E-state index contributed by atoms with van der Waals surface area (Å²) >= 11 is 0. The Morgan fingerprint density at radius 3 is 2.87 bits per heavy atom. The van der Waals surface area contributed by atoms with Crippen molar-refractivity contribution in [2.45, 2.75) is 26.2 Å². The molecule has 1 N–H and O–H groups in total. The molecule has 1 atom stereocenters. The van der Waals surface area contributed by atoms with Crippen molar-refractivity contribution in [2.75, 3.05) is 5.32 Å². The van der Waals surface area contributed by atoms with Gasteiger partial charge in [0, 0.05) is 11.6 Å². The molecule has 2 nitrogen and oxygen atoms in total. The maximum atomic E-state index is 11.8. The third kappa shape index (κ3) is 1.54. The van der Waals surface area contributed by atoms with Crippen molar-refractivity contribution in [1.82, 2.24) is 0 Å². The number of benzene rings is 1. The molecule has 2 aliphatic rings. The number of anilines is 1. The first-order chi connectivity index (χ1) is 7.24. The SMILES string of the molecule is Cc1ccc2c(c1)CC(C1CC1)C(=O)N2. The van der Waals surface area contributed by atoms with E-state index in [4.69, 9.17) is 0 Å². The predicted octanol–water partition coefficient (Wildman–Crippen LogP) is 2.52. The quantitative estimate of drug-likeness (QED) is 0.743. The number of amides is 1. The van der Waals surface area contributed by atoms with E-state index in [0.717, 1.165) is 12.1 Å². The predicted molar refractivity (Wildman–Crippen MR) is 59.7 cm³/mol. The number of hydrogen-bond acceptors (Lipinski definition) is 1. The second-order valence-electron chi connectivity index (χ2n) is 4.80. The van der Waals surface area contributed by atoms with Gasteiger partial charge in [-0.05, 0) is 43.7 Å². The van der Waals surface area contributed by atoms with Gasteiger partial charge in [0.25, 0.3) is 0 Å². The highest BCUT2D eigenvalue weighted by atomic mass is 16.2. The molecule has 78 valence electrons. The molecule has 1 aromatic rings. The second kappa shape index (κ2) is 3.09. The van der Waals surface area contributed by atoms with Gasteiger partial charge in [0.1, 0.15) is 0 Å². The number of hydrogen-bond donors (Lipinski definition) is 1. The first kappa shape index (κ1) is 8.96. The minimum absolute atomic E-state index is 0.230. The molecule has 1 fully saturated rings. The molecule has 1 aliphatic carbocycles. The van der Waals surface area contributed by atoms with Gasteiger partial charge in [0.15, 0.2) is 0 Å². The number of carbonyl (C=O) groups is 1. The van der Waals surface area contributed by atoms with Gasteiger partial charge < -0.3 is 5.32 Å². The highest BCUT2D eigenvalue weighted by Crippen LogP contribution is 2.41. The van der Waals surface area contributed by atoms with Crippen molar-refractivity contribution in [3.05, 3.63) is 29.3 Å². The molecule has 0 saturated heterocycles. The minimum Gasteiger partial charge on any atom is -0.326 e. The molecule has 1 saturated carbocycles. The highest BCUT2D eigenvalue weighted by Gasteiger charge is 2.38. The molecule has 1 aromatic carbocycles. The molecule has 3 rings (SSSR count). The summed E-state index contributed by atoms with van der Waals surface area (Å²) in [5, 5.41) is 3.02. The summed E-state index contributed by atoms with van der Waals surface area (Å²) in [4.78, 5) is 11.8. The van der Waals surface area contributed by atoms with Crippen molar-refractivity contribution in [1.29, 1.82) is 0 Å². The van der Waals surface area contributed by atoms with Crippen LogP contribution in [0.3, 0.4) is 0 Å². The molecule has 0 spiro atoms. The monoisotopic (exact) mass is 201 g/mol. The first-order valence-electron chi connectivity index (χ1n) is 5.64. The molecule has 1 aliphatic heterocycles. The Balaban J connectivity index is 1.95. The summed E-state index contributed by atoms with van der Waals surface area (Å²) in [6, 6.07) is 6.27. The van der Waals surface area contributed by atoms with Gasteiger partial charge in [-0.3, -0.25) is 4.79 Å². The Hall–Kier alpha value is -1.31. The largest absolute Gasteiger partial charge is 0.326 e. The Morgan fingerprint density at radius 1 is 1.33 bits per heavy atom. The number of aryl methyl sites for hydroxylation is 1. The molecule has 0 aromatic heterocycles. The molecule has 1 heterocycles. The molecule has 2 heteroatoms.